The molecule has 6 unspecified atom stereocenters. The van der Waals surface area contributed by atoms with E-state index in [1.165, 1.54) is 63.5 Å². The van der Waals surface area contributed by atoms with Gasteiger partial charge in [0.25, 0.3) is 0 Å². The van der Waals surface area contributed by atoms with E-state index in [0.717, 1.165) is 24.2 Å². The molecule has 2 heteroatoms. The van der Waals surface area contributed by atoms with Crippen LogP contribution in [0.4, 0.5) is 0 Å². The second kappa shape index (κ2) is 4.73. The van der Waals surface area contributed by atoms with Crippen molar-refractivity contribution in [3.8, 4) is 0 Å². The predicted octanol–water partition coefficient (Wildman–Crippen LogP) is 5.25. The standard InChI is InChI=1S/C19H31NO/c1-18-10-5-7-15(18)14-9-8-13-6-3-4-11-19(13,2)17(14)16(12-18)20-21/h13-15,17,21H,3-12H2,1-2H3. The summed E-state index contributed by atoms with van der Waals surface area (Å²) in [5.74, 6) is 3.16. The second-order valence-corrected chi connectivity index (χ2v) is 9.09. The fourth-order valence-corrected chi connectivity index (χ4v) is 7.26. The minimum Gasteiger partial charge on any atom is -0.411 e. The molecule has 0 heterocycles. The number of nitrogens with zero attached hydrogens (tertiary/aromatic N) is 1. The molecular weight excluding hydrogens is 258 g/mol. The molecule has 4 rings (SSSR count). The lowest BCUT2D eigenvalue weighted by Crippen LogP contribution is -2.55. The van der Waals surface area contributed by atoms with E-state index in [1.807, 2.05) is 0 Å². The third kappa shape index (κ3) is 1.86. The van der Waals surface area contributed by atoms with Gasteiger partial charge in [0.15, 0.2) is 0 Å². The summed E-state index contributed by atoms with van der Waals surface area (Å²) >= 11 is 0. The van der Waals surface area contributed by atoms with Crippen LogP contribution < -0.4 is 0 Å². The van der Waals surface area contributed by atoms with Crippen LogP contribution in [0.5, 0.6) is 0 Å². The molecule has 0 bridgehead atoms. The number of hydrogen-bond donors (Lipinski definition) is 1. The predicted molar refractivity (Wildman–Crippen MR) is 85.6 cm³/mol. The molecule has 0 saturated heterocycles. The highest BCUT2D eigenvalue weighted by Crippen LogP contribution is 2.65. The van der Waals surface area contributed by atoms with Crippen LogP contribution in [0.2, 0.25) is 0 Å². The van der Waals surface area contributed by atoms with Crippen molar-refractivity contribution < 1.29 is 5.21 Å². The Morgan fingerprint density at radius 1 is 1.00 bits per heavy atom. The fourth-order valence-electron chi connectivity index (χ4n) is 7.26. The van der Waals surface area contributed by atoms with E-state index in [4.69, 9.17) is 0 Å². The first-order valence-corrected chi connectivity index (χ1v) is 9.29. The largest absolute Gasteiger partial charge is 0.411 e. The summed E-state index contributed by atoms with van der Waals surface area (Å²) in [6, 6.07) is 0. The van der Waals surface area contributed by atoms with Crippen molar-refractivity contribution in [2.24, 2.45) is 39.7 Å². The lowest BCUT2D eigenvalue weighted by molar-refractivity contribution is -0.0527. The van der Waals surface area contributed by atoms with Crippen LogP contribution in [0.15, 0.2) is 5.16 Å². The van der Waals surface area contributed by atoms with Crippen LogP contribution in [-0.2, 0) is 0 Å². The fraction of sp³-hybridized carbons (Fsp3) is 0.947. The smallest absolute Gasteiger partial charge is 0.0615 e. The minimum absolute atomic E-state index is 0.423. The number of oxime groups is 1. The molecule has 0 amide bonds. The van der Waals surface area contributed by atoms with E-state index in [0.29, 0.717) is 16.7 Å². The van der Waals surface area contributed by atoms with Gasteiger partial charge in [-0.25, -0.2) is 0 Å². The summed E-state index contributed by atoms with van der Waals surface area (Å²) in [6.45, 7) is 5.01. The normalized spacial score (nSPS) is 54.9. The number of hydrogen-bond acceptors (Lipinski definition) is 2. The highest BCUT2D eigenvalue weighted by Gasteiger charge is 2.59. The summed E-state index contributed by atoms with van der Waals surface area (Å²) in [6.07, 6.45) is 13.6. The van der Waals surface area contributed by atoms with E-state index >= 15 is 0 Å². The Morgan fingerprint density at radius 3 is 2.67 bits per heavy atom. The Labute approximate surface area is 129 Å². The van der Waals surface area contributed by atoms with Crippen LogP contribution in [0.1, 0.15) is 78.1 Å². The van der Waals surface area contributed by atoms with E-state index in [1.54, 1.807) is 0 Å². The van der Waals surface area contributed by atoms with Crippen LogP contribution in [0, 0.1) is 34.5 Å². The van der Waals surface area contributed by atoms with E-state index in [9.17, 15) is 5.21 Å². The van der Waals surface area contributed by atoms with Gasteiger partial charge in [0, 0.05) is 5.92 Å². The van der Waals surface area contributed by atoms with Gasteiger partial charge in [-0.15, -0.1) is 0 Å². The molecule has 118 valence electrons. The minimum atomic E-state index is 0.423. The maximum absolute atomic E-state index is 9.76. The lowest BCUT2D eigenvalue weighted by atomic mass is 9.45. The SMILES string of the molecule is CC12CCCC1C1CCC3CCCCC3(C)C1C(=NO)C2. The molecule has 0 spiro atoms. The maximum Gasteiger partial charge on any atom is 0.0615 e. The molecule has 0 radical (unpaired) electrons. The van der Waals surface area contributed by atoms with Gasteiger partial charge in [-0.05, 0) is 73.5 Å². The van der Waals surface area contributed by atoms with Gasteiger partial charge in [-0.1, -0.05) is 38.3 Å². The van der Waals surface area contributed by atoms with Gasteiger partial charge in [0.2, 0.25) is 0 Å². The monoisotopic (exact) mass is 289 g/mol. The zero-order valence-electron chi connectivity index (χ0n) is 13.8. The molecule has 0 aromatic carbocycles. The van der Waals surface area contributed by atoms with E-state index in [2.05, 4.69) is 19.0 Å². The van der Waals surface area contributed by atoms with Crippen molar-refractivity contribution in [3.05, 3.63) is 0 Å². The molecule has 4 aliphatic rings. The van der Waals surface area contributed by atoms with Gasteiger partial charge in [0.05, 0.1) is 5.71 Å². The molecule has 0 aromatic rings. The first kappa shape index (κ1) is 14.1. The summed E-state index contributed by atoms with van der Waals surface area (Å²) < 4.78 is 0. The molecule has 21 heavy (non-hydrogen) atoms. The Kier molecular flexibility index (Phi) is 3.17. The van der Waals surface area contributed by atoms with Gasteiger partial charge in [-0.3, -0.25) is 0 Å². The van der Waals surface area contributed by atoms with Crippen molar-refractivity contribution in [2.75, 3.05) is 0 Å². The second-order valence-electron chi connectivity index (χ2n) is 9.09. The molecule has 4 saturated carbocycles. The van der Waals surface area contributed by atoms with Crippen molar-refractivity contribution in [1.82, 2.24) is 0 Å². The first-order valence-electron chi connectivity index (χ1n) is 9.29. The molecular formula is C19H31NO. The zero-order chi connectivity index (χ0) is 14.7. The van der Waals surface area contributed by atoms with E-state index < -0.39 is 0 Å². The Bertz CT molecular complexity index is 458. The van der Waals surface area contributed by atoms with Crippen LogP contribution >= 0.6 is 0 Å². The van der Waals surface area contributed by atoms with Gasteiger partial charge >= 0.3 is 0 Å². The van der Waals surface area contributed by atoms with E-state index in [-0.39, 0.29) is 0 Å². The number of fused-ring (bicyclic) bond motifs is 5. The van der Waals surface area contributed by atoms with Crippen molar-refractivity contribution in [3.63, 3.8) is 0 Å². The average molecular weight is 289 g/mol. The Hall–Kier alpha value is -0.530. The topological polar surface area (TPSA) is 32.6 Å². The van der Waals surface area contributed by atoms with Crippen LogP contribution in [0.3, 0.4) is 0 Å². The van der Waals surface area contributed by atoms with Gasteiger partial charge in [-0.2, -0.15) is 0 Å². The Balaban J connectivity index is 1.75. The first-order chi connectivity index (χ1) is 10.1. The van der Waals surface area contributed by atoms with Gasteiger partial charge < -0.3 is 5.21 Å². The van der Waals surface area contributed by atoms with Gasteiger partial charge in [0.1, 0.15) is 0 Å². The highest BCUT2D eigenvalue weighted by atomic mass is 16.4. The third-order valence-electron chi connectivity index (χ3n) is 8.19. The lowest BCUT2D eigenvalue weighted by Gasteiger charge is -2.59. The average Bonchev–Trinajstić information content (AvgIpc) is 2.87. The highest BCUT2D eigenvalue weighted by molar-refractivity contribution is 5.89. The summed E-state index contributed by atoms with van der Waals surface area (Å²) in [5, 5.41) is 13.6. The summed E-state index contributed by atoms with van der Waals surface area (Å²) in [5.41, 5.74) is 2.03. The van der Waals surface area contributed by atoms with Crippen LogP contribution in [-0.4, -0.2) is 10.9 Å². The van der Waals surface area contributed by atoms with Crippen molar-refractivity contribution >= 4 is 5.71 Å². The maximum atomic E-state index is 9.76. The van der Waals surface area contributed by atoms with Crippen LogP contribution in [0.25, 0.3) is 0 Å². The number of rotatable bonds is 0. The molecule has 6 atom stereocenters. The summed E-state index contributed by atoms with van der Waals surface area (Å²) in [7, 11) is 0. The molecule has 2 nitrogen and oxygen atoms in total. The zero-order valence-corrected chi connectivity index (χ0v) is 13.8. The molecule has 0 aromatic heterocycles. The quantitative estimate of drug-likeness (QED) is 0.479. The molecule has 0 aliphatic heterocycles. The summed E-state index contributed by atoms with van der Waals surface area (Å²) in [4.78, 5) is 0. The molecule has 1 N–H and O–H groups in total. The third-order valence-corrected chi connectivity index (χ3v) is 8.19. The Morgan fingerprint density at radius 2 is 1.86 bits per heavy atom. The van der Waals surface area contributed by atoms with Crippen molar-refractivity contribution in [1.29, 1.82) is 0 Å². The molecule has 4 aliphatic carbocycles. The molecule has 4 fully saturated rings. The van der Waals surface area contributed by atoms with Crippen molar-refractivity contribution in [2.45, 2.75) is 78.1 Å².